The number of H-pyrrole nitrogens is 1. The Morgan fingerprint density at radius 3 is 2.85 bits per heavy atom. The molecule has 2 aromatic rings. The Bertz CT molecular complexity index is 466. The van der Waals surface area contributed by atoms with Crippen molar-refractivity contribution in [3.8, 4) is 0 Å². The fraction of sp³-hybridized carbons (Fsp3) is 0.182. The molecule has 0 atom stereocenters. The Morgan fingerprint density at radius 1 is 1.46 bits per heavy atom. The third-order valence-corrected chi connectivity index (χ3v) is 2.18. The van der Waals surface area contributed by atoms with Crippen LogP contribution >= 0.6 is 0 Å². The maximum atomic E-state index is 4.14. The van der Waals surface area contributed by atoms with Crippen molar-refractivity contribution < 1.29 is 0 Å². The number of hydrogen-bond acceptors (Lipinski definition) is 1. The number of aryl methyl sites for hydroxylation is 1. The predicted molar refractivity (Wildman–Crippen MR) is 55.5 cm³/mol. The lowest BCUT2D eigenvalue weighted by Crippen LogP contribution is -1.79. The van der Waals surface area contributed by atoms with Crippen molar-refractivity contribution in [2.45, 2.75) is 13.8 Å². The summed E-state index contributed by atoms with van der Waals surface area (Å²) in [4.78, 5) is 7.46. The van der Waals surface area contributed by atoms with Gasteiger partial charge in [-0.25, -0.2) is 0 Å². The minimum absolute atomic E-state index is 1.05. The number of nitrogens with zero attached hydrogens (tertiary/aromatic N) is 1. The number of allylic oxidation sites excluding steroid dienone is 1. The summed E-state index contributed by atoms with van der Waals surface area (Å²) in [6.07, 6.45) is 3.73. The van der Waals surface area contributed by atoms with E-state index < -0.39 is 0 Å². The van der Waals surface area contributed by atoms with E-state index in [1.54, 1.807) is 0 Å². The van der Waals surface area contributed by atoms with Gasteiger partial charge in [0.25, 0.3) is 0 Å². The monoisotopic (exact) mass is 172 g/mol. The van der Waals surface area contributed by atoms with Crippen molar-refractivity contribution >= 4 is 16.5 Å². The zero-order valence-electron chi connectivity index (χ0n) is 7.89. The molecule has 2 rings (SSSR count). The molecule has 2 heterocycles. The van der Waals surface area contributed by atoms with Crippen LogP contribution in [0, 0.1) is 6.92 Å². The van der Waals surface area contributed by atoms with E-state index in [0.717, 1.165) is 22.2 Å². The minimum atomic E-state index is 1.05. The van der Waals surface area contributed by atoms with Crippen LogP contribution in [0.2, 0.25) is 0 Å². The van der Waals surface area contributed by atoms with E-state index in [9.17, 15) is 0 Å². The fourth-order valence-corrected chi connectivity index (χ4v) is 1.42. The second kappa shape index (κ2) is 2.73. The quantitative estimate of drug-likeness (QED) is 0.704. The van der Waals surface area contributed by atoms with Gasteiger partial charge < -0.3 is 4.98 Å². The lowest BCUT2D eigenvalue weighted by atomic mass is 10.2. The van der Waals surface area contributed by atoms with Gasteiger partial charge in [0.1, 0.15) is 0 Å². The molecule has 2 nitrogen and oxygen atoms in total. The van der Waals surface area contributed by atoms with Crippen molar-refractivity contribution in [1.29, 1.82) is 0 Å². The first-order valence-corrected chi connectivity index (χ1v) is 4.27. The van der Waals surface area contributed by atoms with E-state index in [1.165, 1.54) is 5.56 Å². The van der Waals surface area contributed by atoms with Crippen LogP contribution in [0.3, 0.4) is 0 Å². The molecule has 0 aliphatic carbocycles. The summed E-state index contributed by atoms with van der Waals surface area (Å²) in [7, 11) is 0. The van der Waals surface area contributed by atoms with Crippen LogP contribution in [0.15, 0.2) is 25.0 Å². The maximum Gasteiger partial charge on any atom is 0.0519 e. The van der Waals surface area contributed by atoms with Gasteiger partial charge in [0.2, 0.25) is 0 Å². The number of hydrogen-bond donors (Lipinski definition) is 1. The lowest BCUT2D eigenvalue weighted by Gasteiger charge is -1.93. The second-order valence-electron chi connectivity index (χ2n) is 3.38. The summed E-state index contributed by atoms with van der Waals surface area (Å²) >= 11 is 0. The normalized spacial score (nSPS) is 10.6. The van der Waals surface area contributed by atoms with Crippen LogP contribution in [0.5, 0.6) is 0 Å². The van der Waals surface area contributed by atoms with E-state index in [4.69, 9.17) is 0 Å². The Kier molecular flexibility index (Phi) is 1.69. The van der Waals surface area contributed by atoms with Crippen molar-refractivity contribution in [3.63, 3.8) is 0 Å². The molecule has 0 saturated carbocycles. The average molecular weight is 172 g/mol. The van der Waals surface area contributed by atoms with E-state index in [0.29, 0.717) is 0 Å². The average Bonchev–Trinajstić information content (AvgIpc) is 2.49. The van der Waals surface area contributed by atoms with E-state index in [1.807, 2.05) is 26.2 Å². The molecule has 2 heteroatoms. The summed E-state index contributed by atoms with van der Waals surface area (Å²) in [5.74, 6) is 0. The number of aromatic nitrogens is 2. The van der Waals surface area contributed by atoms with E-state index in [-0.39, 0.29) is 0 Å². The zero-order valence-corrected chi connectivity index (χ0v) is 7.89. The highest BCUT2D eigenvalue weighted by molar-refractivity contribution is 5.85. The molecular weight excluding hydrogens is 160 g/mol. The van der Waals surface area contributed by atoms with Gasteiger partial charge in [0, 0.05) is 23.5 Å². The van der Waals surface area contributed by atoms with Gasteiger partial charge in [-0.2, -0.15) is 0 Å². The number of aromatic amines is 1. The van der Waals surface area contributed by atoms with Crippen molar-refractivity contribution in [3.05, 3.63) is 36.3 Å². The first-order chi connectivity index (χ1) is 6.18. The number of pyridine rings is 1. The van der Waals surface area contributed by atoms with Gasteiger partial charge in [-0.15, -0.1) is 0 Å². The van der Waals surface area contributed by atoms with Crippen LogP contribution in [-0.4, -0.2) is 9.97 Å². The van der Waals surface area contributed by atoms with Crippen LogP contribution in [0.25, 0.3) is 16.5 Å². The summed E-state index contributed by atoms with van der Waals surface area (Å²) in [6.45, 7) is 7.94. The molecule has 66 valence electrons. The van der Waals surface area contributed by atoms with Crippen molar-refractivity contribution in [2.75, 3.05) is 0 Å². The first-order valence-electron chi connectivity index (χ1n) is 4.27. The van der Waals surface area contributed by atoms with Gasteiger partial charge in [-0.3, -0.25) is 4.98 Å². The highest BCUT2D eigenvalue weighted by atomic mass is 14.7. The molecule has 0 unspecified atom stereocenters. The molecule has 0 fully saturated rings. The Labute approximate surface area is 77.3 Å². The maximum absolute atomic E-state index is 4.14. The Morgan fingerprint density at radius 2 is 2.23 bits per heavy atom. The number of fused-ring (bicyclic) bond motifs is 1. The van der Waals surface area contributed by atoms with Gasteiger partial charge in [0.05, 0.1) is 5.52 Å². The van der Waals surface area contributed by atoms with E-state index in [2.05, 4.69) is 22.6 Å². The van der Waals surface area contributed by atoms with Crippen LogP contribution in [-0.2, 0) is 0 Å². The molecule has 0 radical (unpaired) electrons. The molecule has 2 aromatic heterocycles. The van der Waals surface area contributed by atoms with Gasteiger partial charge in [-0.05, 0) is 31.1 Å². The molecule has 0 aromatic carbocycles. The van der Waals surface area contributed by atoms with Crippen LogP contribution < -0.4 is 0 Å². The molecular formula is C11H12N2. The van der Waals surface area contributed by atoms with Crippen molar-refractivity contribution in [1.82, 2.24) is 9.97 Å². The predicted octanol–water partition coefficient (Wildman–Crippen LogP) is 2.90. The molecule has 0 aliphatic heterocycles. The first kappa shape index (κ1) is 8.05. The standard InChI is InChI=1S/C11H12N2/c1-7(2)10-4-9-6-12-5-8(3)11(9)13-10/h4-6,13H,1H2,2-3H3. The SMILES string of the molecule is C=C(C)c1cc2cncc(C)c2[nH]1. The largest absolute Gasteiger partial charge is 0.355 e. The summed E-state index contributed by atoms with van der Waals surface area (Å²) in [5.41, 5.74) is 4.47. The van der Waals surface area contributed by atoms with E-state index >= 15 is 0 Å². The Hall–Kier alpha value is -1.57. The van der Waals surface area contributed by atoms with Crippen LogP contribution in [0.4, 0.5) is 0 Å². The number of nitrogens with one attached hydrogen (secondary N) is 1. The Balaban J connectivity index is 2.75. The van der Waals surface area contributed by atoms with Gasteiger partial charge in [0.15, 0.2) is 0 Å². The third-order valence-electron chi connectivity index (χ3n) is 2.18. The molecule has 1 N–H and O–H groups in total. The smallest absolute Gasteiger partial charge is 0.0519 e. The molecule has 0 amide bonds. The molecule has 0 spiro atoms. The van der Waals surface area contributed by atoms with Crippen LogP contribution in [0.1, 0.15) is 18.2 Å². The number of rotatable bonds is 1. The summed E-state index contributed by atoms with van der Waals surface area (Å²) in [5, 5.41) is 1.15. The highest BCUT2D eigenvalue weighted by Gasteiger charge is 2.02. The van der Waals surface area contributed by atoms with Crippen molar-refractivity contribution in [2.24, 2.45) is 0 Å². The lowest BCUT2D eigenvalue weighted by molar-refractivity contribution is 1.29. The highest BCUT2D eigenvalue weighted by Crippen LogP contribution is 2.20. The van der Waals surface area contributed by atoms with Gasteiger partial charge in [-0.1, -0.05) is 6.58 Å². The zero-order chi connectivity index (χ0) is 9.42. The fourth-order valence-electron chi connectivity index (χ4n) is 1.42. The van der Waals surface area contributed by atoms with Gasteiger partial charge >= 0.3 is 0 Å². The summed E-state index contributed by atoms with van der Waals surface area (Å²) in [6, 6.07) is 2.08. The minimum Gasteiger partial charge on any atom is -0.355 e. The molecule has 13 heavy (non-hydrogen) atoms. The topological polar surface area (TPSA) is 28.7 Å². The molecule has 0 aliphatic rings. The molecule has 0 saturated heterocycles. The summed E-state index contributed by atoms with van der Waals surface area (Å²) < 4.78 is 0. The third kappa shape index (κ3) is 1.24. The second-order valence-corrected chi connectivity index (χ2v) is 3.38. The molecule has 0 bridgehead atoms.